The molecular formula is C19H31NO3. The topological polar surface area (TPSA) is 55.4 Å². The maximum atomic E-state index is 11.7. The Kier molecular flexibility index (Phi) is 7.13. The summed E-state index contributed by atoms with van der Waals surface area (Å²) in [6.45, 7) is 2.87. The van der Waals surface area contributed by atoms with E-state index in [-0.39, 0.29) is 11.9 Å². The number of methoxy groups -OCH3 is 1. The average molecular weight is 321 g/mol. The molecule has 2 bridgehead atoms. The van der Waals surface area contributed by atoms with Crippen LogP contribution in [0.5, 0.6) is 0 Å². The molecule has 130 valence electrons. The van der Waals surface area contributed by atoms with Crippen LogP contribution in [0.1, 0.15) is 58.3 Å². The van der Waals surface area contributed by atoms with Crippen LogP contribution in [0.2, 0.25) is 0 Å². The second-order valence-corrected chi connectivity index (χ2v) is 7.03. The van der Waals surface area contributed by atoms with E-state index in [4.69, 9.17) is 0 Å². The van der Waals surface area contributed by atoms with E-state index in [1.54, 1.807) is 0 Å². The molecule has 0 heterocycles. The van der Waals surface area contributed by atoms with Crippen molar-refractivity contribution in [1.29, 1.82) is 0 Å². The molecule has 0 spiro atoms. The normalized spacial score (nSPS) is 29.1. The van der Waals surface area contributed by atoms with E-state index in [9.17, 15) is 9.59 Å². The highest BCUT2D eigenvalue weighted by molar-refractivity contribution is 5.75. The summed E-state index contributed by atoms with van der Waals surface area (Å²) in [4.78, 5) is 22.8. The number of amides is 1. The number of carbonyl (C=O) groups is 2. The monoisotopic (exact) mass is 321 g/mol. The molecule has 2 saturated carbocycles. The molecule has 4 atom stereocenters. The highest BCUT2D eigenvalue weighted by Crippen LogP contribution is 2.52. The molecule has 1 amide bonds. The van der Waals surface area contributed by atoms with Crippen molar-refractivity contribution in [3.63, 3.8) is 0 Å². The van der Waals surface area contributed by atoms with Gasteiger partial charge in [0, 0.05) is 19.4 Å². The number of rotatable bonds is 9. The van der Waals surface area contributed by atoms with Crippen LogP contribution in [-0.2, 0) is 14.3 Å². The first-order valence-electron chi connectivity index (χ1n) is 9.15. The van der Waals surface area contributed by atoms with Gasteiger partial charge in [-0.25, -0.2) is 0 Å². The van der Waals surface area contributed by atoms with Crippen molar-refractivity contribution >= 4 is 11.9 Å². The summed E-state index contributed by atoms with van der Waals surface area (Å²) in [5, 5.41) is 3.13. The van der Waals surface area contributed by atoms with Gasteiger partial charge in [0.1, 0.15) is 0 Å². The Morgan fingerprint density at radius 1 is 1.22 bits per heavy atom. The Labute approximate surface area is 140 Å². The molecule has 2 aliphatic carbocycles. The molecular weight excluding hydrogens is 290 g/mol. The fourth-order valence-corrected chi connectivity index (χ4v) is 4.32. The number of esters is 1. The number of hydrogen-bond donors (Lipinski definition) is 1. The lowest BCUT2D eigenvalue weighted by atomic mass is 9.79. The minimum absolute atomic E-state index is 0.130. The molecule has 4 unspecified atom stereocenters. The third-order valence-corrected chi connectivity index (χ3v) is 5.51. The van der Waals surface area contributed by atoms with Gasteiger partial charge in [-0.1, -0.05) is 19.1 Å². The van der Waals surface area contributed by atoms with Gasteiger partial charge in [0.05, 0.1) is 7.11 Å². The Morgan fingerprint density at radius 2 is 2.00 bits per heavy atom. The summed E-state index contributed by atoms with van der Waals surface area (Å²) >= 11 is 0. The molecule has 0 saturated heterocycles. The van der Waals surface area contributed by atoms with Crippen LogP contribution < -0.4 is 5.32 Å². The lowest BCUT2D eigenvalue weighted by Gasteiger charge is -2.29. The summed E-state index contributed by atoms with van der Waals surface area (Å²) in [5.41, 5.74) is 0. The second-order valence-electron chi connectivity index (χ2n) is 7.03. The van der Waals surface area contributed by atoms with Gasteiger partial charge in [-0.05, 0) is 62.2 Å². The zero-order valence-electron chi connectivity index (χ0n) is 14.6. The van der Waals surface area contributed by atoms with Gasteiger partial charge in [-0.3, -0.25) is 9.59 Å². The fourth-order valence-electron chi connectivity index (χ4n) is 4.32. The standard InChI is InChI=1S/C19H31NO3/c1-3-7-18(21)20-13-17-15-11-10-14(12-15)16(17)8-5-4-6-9-19(22)23-2/h5,8,14-17H,3-4,6-7,9-13H2,1-2H3,(H,20,21)/b8-5+. The van der Waals surface area contributed by atoms with Crippen molar-refractivity contribution in [3.8, 4) is 0 Å². The predicted molar refractivity (Wildman–Crippen MR) is 90.7 cm³/mol. The number of ether oxygens (including phenoxy) is 1. The van der Waals surface area contributed by atoms with Gasteiger partial charge in [-0.2, -0.15) is 0 Å². The Bertz CT molecular complexity index is 432. The van der Waals surface area contributed by atoms with Crippen molar-refractivity contribution < 1.29 is 14.3 Å². The first-order valence-corrected chi connectivity index (χ1v) is 9.15. The van der Waals surface area contributed by atoms with Crippen LogP contribution in [0, 0.1) is 23.7 Å². The van der Waals surface area contributed by atoms with Crippen molar-refractivity contribution in [3.05, 3.63) is 12.2 Å². The highest BCUT2D eigenvalue weighted by atomic mass is 16.5. The quantitative estimate of drug-likeness (QED) is 0.402. The fraction of sp³-hybridized carbons (Fsp3) is 0.789. The predicted octanol–water partition coefficient (Wildman–Crippen LogP) is 3.46. The van der Waals surface area contributed by atoms with Gasteiger partial charge in [-0.15, -0.1) is 0 Å². The van der Waals surface area contributed by atoms with Crippen LogP contribution in [0.15, 0.2) is 12.2 Å². The molecule has 0 aliphatic heterocycles. The number of allylic oxidation sites excluding steroid dienone is 2. The molecule has 1 N–H and O–H groups in total. The number of carbonyl (C=O) groups excluding carboxylic acids is 2. The van der Waals surface area contributed by atoms with E-state index in [1.165, 1.54) is 26.4 Å². The van der Waals surface area contributed by atoms with Gasteiger partial charge in [0.25, 0.3) is 0 Å². The van der Waals surface area contributed by atoms with E-state index >= 15 is 0 Å². The third-order valence-electron chi connectivity index (χ3n) is 5.51. The molecule has 23 heavy (non-hydrogen) atoms. The van der Waals surface area contributed by atoms with Crippen LogP contribution in [0.3, 0.4) is 0 Å². The van der Waals surface area contributed by atoms with Gasteiger partial charge in [0.2, 0.25) is 5.91 Å². The first-order chi connectivity index (χ1) is 11.2. The molecule has 2 fully saturated rings. The lowest BCUT2D eigenvalue weighted by molar-refractivity contribution is -0.140. The minimum atomic E-state index is -0.130. The maximum absolute atomic E-state index is 11.7. The molecule has 0 aromatic rings. The van der Waals surface area contributed by atoms with Crippen molar-refractivity contribution in [2.24, 2.45) is 23.7 Å². The second kappa shape index (κ2) is 9.09. The zero-order valence-corrected chi connectivity index (χ0v) is 14.6. The van der Waals surface area contributed by atoms with E-state index in [2.05, 4.69) is 22.2 Å². The smallest absolute Gasteiger partial charge is 0.305 e. The third kappa shape index (κ3) is 5.08. The van der Waals surface area contributed by atoms with Gasteiger partial charge in [0.15, 0.2) is 0 Å². The Morgan fingerprint density at radius 3 is 2.74 bits per heavy atom. The van der Waals surface area contributed by atoms with E-state index in [0.29, 0.717) is 24.7 Å². The minimum Gasteiger partial charge on any atom is -0.469 e. The number of hydrogen-bond acceptors (Lipinski definition) is 3. The lowest BCUT2D eigenvalue weighted by Crippen LogP contribution is -2.35. The first kappa shape index (κ1) is 18.0. The summed E-state index contributed by atoms with van der Waals surface area (Å²) in [6, 6.07) is 0. The SMILES string of the molecule is CCCC(=O)NCC1C2CCC(C2)C1/C=C/CCCC(=O)OC. The van der Waals surface area contributed by atoms with Crippen molar-refractivity contribution in [2.75, 3.05) is 13.7 Å². The maximum Gasteiger partial charge on any atom is 0.305 e. The molecule has 2 aliphatic rings. The summed E-state index contributed by atoms with van der Waals surface area (Å²) in [6.07, 6.45) is 12.4. The zero-order chi connectivity index (χ0) is 16.7. The van der Waals surface area contributed by atoms with Crippen LogP contribution >= 0.6 is 0 Å². The van der Waals surface area contributed by atoms with Gasteiger partial charge >= 0.3 is 5.97 Å². The van der Waals surface area contributed by atoms with E-state index in [0.717, 1.165) is 37.6 Å². The number of fused-ring (bicyclic) bond motifs is 2. The largest absolute Gasteiger partial charge is 0.469 e. The van der Waals surface area contributed by atoms with Crippen LogP contribution in [0.25, 0.3) is 0 Å². The number of nitrogens with one attached hydrogen (secondary N) is 1. The molecule has 4 nitrogen and oxygen atoms in total. The summed E-state index contributed by atoms with van der Waals surface area (Å²) in [7, 11) is 1.44. The Balaban J connectivity index is 1.78. The molecule has 2 rings (SSSR count). The Hall–Kier alpha value is -1.32. The molecule has 0 radical (unpaired) electrons. The van der Waals surface area contributed by atoms with Crippen LogP contribution in [-0.4, -0.2) is 25.5 Å². The van der Waals surface area contributed by atoms with E-state index in [1.807, 2.05) is 6.92 Å². The van der Waals surface area contributed by atoms with Gasteiger partial charge < -0.3 is 10.1 Å². The molecule has 4 heteroatoms. The molecule has 0 aromatic heterocycles. The van der Waals surface area contributed by atoms with Crippen molar-refractivity contribution in [2.45, 2.75) is 58.3 Å². The summed E-state index contributed by atoms with van der Waals surface area (Å²) in [5.74, 6) is 2.85. The molecule has 0 aromatic carbocycles. The van der Waals surface area contributed by atoms with E-state index < -0.39 is 0 Å². The summed E-state index contributed by atoms with van der Waals surface area (Å²) < 4.78 is 4.66. The average Bonchev–Trinajstić information content (AvgIpc) is 3.14. The van der Waals surface area contributed by atoms with Crippen LogP contribution in [0.4, 0.5) is 0 Å². The highest BCUT2D eigenvalue weighted by Gasteiger charge is 2.45. The number of unbranched alkanes of at least 4 members (excludes halogenated alkanes) is 1. The van der Waals surface area contributed by atoms with Crippen molar-refractivity contribution in [1.82, 2.24) is 5.32 Å².